The van der Waals surface area contributed by atoms with E-state index in [1.165, 1.54) is 12.1 Å². The average molecular weight is 468 g/mol. The summed E-state index contributed by atoms with van der Waals surface area (Å²) in [6.07, 6.45) is 1.62. The lowest BCUT2D eigenvalue weighted by Crippen LogP contribution is -2.46. The number of thiophene rings is 1. The summed E-state index contributed by atoms with van der Waals surface area (Å²) in [6, 6.07) is 7.51. The maximum atomic E-state index is 13.5. The fourth-order valence-corrected chi connectivity index (χ4v) is 5.58. The van der Waals surface area contributed by atoms with Gasteiger partial charge in [-0.15, -0.1) is 11.3 Å². The molecule has 0 radical (unpaired) electrons. The summed E-state index contributed by atoms with van der Waals surface area (Å²) >= 11 is 1.59. The molecule has 10 heteroatoms. The number of nitrogens with zero attached hydrogens (tertiary/aromatic N) is 1. The molecule has 170 valence electrons. The molecule has 0 saturated carbocycles. The second-order valence-corrected chi connectivity index (χ2v) is 8.99. The molecule has 2 aromatic heterocycles. The molecular formula is C23H21N3O6S. The van der Waals surface area contributed by atoms with Crippen molar-refractivity contribution in [1.29, 1.82) is 0 Å². The normalized spacial score (nSPS) is 19.6. The first-order valence-corrected chi connectivity index (χ1v) is 11.5. The van der Waals surface area contributed by atoms with Gasteiger partial charge in [-0.05, 0) is 55.3 Å². The van der Waals surface area contributed by atoms with E-state index in [-0.39, 0.29) is 24.6 Å². The number of ether oxygens (including phenoxy) is 1. The number of carbonyl (C=O) groups excluding carboxylic acids is 3. The Kier molecular flexibility index (Phi) is 5.16. The Morgan fingerprint density at radius 3 is 2.94 bits per heavy atom. The summed E-state index contributed by atoms with van der Waals surface area (Å²) in [5.74, 6) is -0.311. The van der Waals surface area contributed by atoms with Crippen LogP contribution in [0.4, 0.5) is 15.3 Å². The predicted molar refractivity (Wildman–Crippen MR) is 121 cm³/mol. The highest BCUT2D eigenvalue weighted by Gasteiger charge is 2.54. The van der Waals surface area contributed by atoms with Gasteiger partial charge >= 0.3 is 17.7 Å². The van der Waals surface area contributed by atoms with Gasteiger partial charge in [0.15, 0.2) is 0 Å². The van der Waals surface area contributed by atoms with Crippen molar-refractivity contribution >= 4 is 46.0 Å². The number of amides is 4. The van der Waals surface area contributed by atoms with Crippen LogP contribution in [-0.2, 0) is 28.0 Å². The van der Waals surface area contributed by atoms with E-state index in [0.717, 1.165) is 28.2 Å². The van der Waals surface area contributed by atoms with Crippen LogP contribution in [0.2, 0.25) is 0 Å². The maximum Gasteiger partial charge on any atom is 0.411 e. The first-order chi connectivity index (χ1) is 15.9. The van der Waals surface area contributed by atoms with Gasteiger partial charge in [0, 0.05) is 33.6 Å². The molecule has 2 aliphatic rings. The van der Waals surface area contributed by atoms with E-state index < -0.39 is 23.3 Å². The maximum absolute atomic E-state index is 13.5. The molecule has 1 saturated heterocycles. The lowest BCUT2D eigenvalue weighted by Gasteiger charge is -2.31. The van der Waals surface area contributed by atoms with Gasteiger partial charge in [-0.3, -0.25) is 15.0 Å². The van der Waals surface area contributed by atoms with Crippen LogP contribution in [0, 0.1) is 0 Å². The molecule has 9 nitrogen and oxygen atoms in total. The van der Waals surface area contributed by atoms with E-state index in [4.69, 9.17) is 9.15 Å². The van der Waals surface area contributed by atoms with Crippen molar-refractivity contribution in [3.05, 3.63) is 62.1 Å². The number of anilines is 1. The number of hydrogen-bond acceptors (Lipinski definition) is 7. The first kappa shape index (κ1) is 21.2. The van der Waals surface area contributed by atoms with Crippen LogP contribution < -0.4 is 16.3 Å². The van der Waals surface area contributed by atoms with Crippen LogP contribution >= 0.6 is 11.3 Å². The van der Waals surface area contributed by atoms with Gasteiger partial charge < -0.3 is 14.5 Å². The monoisotopic (exact) mass is 467 g/mol. The van der Waals surface area contributed by atoms with E-state index in [0.29, 0.717) is 23.1 Å². The second kappa shape index (κ2) is 8.04. The molecule has 1 spiro atoms. The lowest BCUT2D eigenvalue weighted by atomic mass is 9.80. The zero-order chi connectivity index (χ0) is 23.2. The molecule has 4 amide bonds. The highest BCUT2D eigenvalue weighted by molar-refractivity contribution is 7.10. The molecule has 33 heavy (non-hydrogen) atoms. The Hall–Kier alpha value is -3.66. The highest BCUT2D eigenvalue weighted by Crippen LogP contribution is 2.42. The van der Waals surface area contributed by atoms with E-state index >= 15 is 0 Å². The van der Waals surface area contributed by atoms with Crippen LogP contribution in [0.15, 0.2) is 44.9 Å². The number of aryl methyl sites for hydroxylation is 1. The smallest absolute Gasteiger partial charge is 0.411 e. The molecule has 0 unspecified atom stereocenters. The van der Waals surface area contributed by atoms with Crippen LogP contribution in [0.1, 0.15) is 35.8 Å². The van der Waals surface area contributed by atoms with Crippen molar-refractivity contribution in [2.45, 2.75) is 38.3 Å². The van der Waals surface area contributed by atoms with E-state index in [2.05, 4.69) is 10.6 Å². The molecule has 1 atom stereocenters. The van der Waals surface area contributed by atoms with Crippen molar-refractivity contribution in [2.75, 3.05) is 11.9 Å². The topological polar surface area (TPSA) is 118 Å². The number of imide groups is 1. The summed E-state index contributed by atoms with van der Waals surface area (Å²) in [7, 11) is 0. The van der Waals surface area contributed by atoms with Crippen molar-refractivity contribution in [2.24, 2.45) is 0 Å². The third-order valence-electron chi connectivity index (χ3n) is 6.02. The van der Waals surface area contributed by atoms with Gasteiger partial charge in [-0.25, -0.2) is 14.4 Å². The Morgan fingerprint density at radius 1 is 1.27 bits per heavy atom. The minimum atomic E-state index is -1.04. The van der Waals surface area contributed by atoms with Gasteiger partial charge in [-0.2, -0.15) is 0 Å². The van der Waals surface area contributed by atoms with E-state index in [9.17, 15) is 19.2 Å². The molecule has 3 heterocycles. The number of benzene rings is 1. The third kappa shape index (κ3) is 3.56. The quantitative estimate of drug-likeness (QED) is 0.446. The van der Waals surface area contributed by atoms with Crippen LogP contribution in [-0.4, -0.2) is 29.5 Å². The average Bonchev–Trinajstić information content (AvgIpc) is 3.34. The molecule has 3 aromatic rings. The lowest BCUT2D eigenvalue weighted by molar-refractivity contribution is -0.132. The number of urea groups is 1. The SMILES string of the molecule is CCOC(=O)Nc1ccc2c(CN3C(=O)N[C@]4(CCCc5sccc54)C3=O)cc(=O)oc2c1. The zero-order valence-electron chi connectivity index (χ0n) is 17.8. The summed E-state index contributed by atoms with van der Waals surface area (Å²) in [5, 5.41) is 7.98. The Labute approximate surface area is 192 Å². The molecule has 2 N–H and O–H groups in total. The number of fused-ring (bicyclic) bond motifs is 3. The zero-order valence-corrected chi connectivity index (χ0v) is 18.6. The van der Waals surface area contributed by atoms with Crippen molar-refractivity contribution in [1.82, 2.24) is 10.2 Å². The highest BCUT2D eigenvalue weighted by atomic mass is 32.1. The van der Waals surface area contributed by atoms with E-state index in [1.54, 1.807) is 30.4 Å². The van der Waals surface area contributed by atoms with Crippen molar-refractivity contribution in [3.63, 3.8) is 0 Å². The number of rotatable bonds is 4. The van der Waals surface area contributed by atoms with Crippen LogP contribution in [0.3, 0.4) is 0 Å². The molecule has 5 rings (SSSR count). The summed E-state index contributed by atoms with van der Waals surface area (Å²) < 4.78 is 10.2. The van der Waals surface area contributed by atoms with E-state index in [1.807, 2.05) is 11.4 Å². The van der Waals surface area contributed by atoms with Gasteiger partial charge in [0.25, 0.3) is 5.91 Å². The second-order valence-electron chi connectivity index (χ2n) is 7.98. The first-order valence-electron chi connectivity index (χ1n) is 10.6. The summed E-state index contributed by atoms with van der Waals surface area (Å²) in [6.45, 7) is 1.84. The Morgan fingerprint density at radius 2 is 2.12 bits per heavy atom. The standard InChI is InChI=1S/C23H21N3O6S/c1-2-31-22(30)24-14-5-6-15-13(10-19(27)32-17(15)11-14)12-26-20(28)23(25-21(26)29)8-3-4-18-16(23)7-9-33-18/h5-7,9-11H,2-4,8,12H2,1H3,(H,24,30)(H,25,29)/t23-/m0/s1. The van der Waals surface area contributed by atoms with Gasteiger partial charge in [0.05, 0.1) is 13.2 Å². The third-order valence-corrected chi connectivity index (χ3v) is 7.00. The Bertz CT molecular complexity index is 1350. The number of nitrogens with one attached hydrogen (secondary N) is 2. The molecule has 1 aliphatic carbocycles. The van der Waals surface area contributed by atoms with Crippen LogP contribution in [0.5, 0.6) is 0 Å². The minimum Gasteiger partial charge on any atom is -0.450 e. The summed E-state index contributed by atoms with van der Waals surface area (Å²) in [5.41, 5.74) is 0.299. The van der Waals surface area contributed by atoms with Gasteiger partial charge in [-0.1, -0.05) is 0 Å². The molecule has 1 aliphatic heterocycles. The van der Waals surface area contributed by atoms with Gasteiger partial charge in [0.1, 0.15) is 11.1 Å². The fraction of sp³-hybridized carbons (Fsp3) is 0.304. The number of hydrogen-bond donors (Lipinski definition) is 2. The molecule has 1 aromatic carbocycles. The predicted octanol–water partition coefficient (Wildman–Crippen LogP) is 3.71. The fourth-order valence-electron chi connectivity index (χ4n) is 4.58. The molecule has 0 bridgehead atoms. The summed E-state index contributed by atoms with van der Waals surface area (Å²) in [4.78, 5) is 52.6. The van der Waals surface area contributed by atoms with Gasteiger partial charge in [0.2, 0.25) is 0 Å². The minimum absolute atomic E-state index is 0.0708. The number of carbonyl (C=O) groups is 3. The molecular weight excluding hydrogens is 446 g/mol. The van der Waals surface area contributed by atoms with Crippen molar-refractivity contribution < 1.29 is 23.5 Å². The molecule has 1 fully saturated rings. The van der Waals surface area contributed by atoms with Crippen molar-refractivity contribution in [3.8, 4) is 0 Å². The largest absolute Gasteiger partial charge is 0.450 e. The Balaban J connectivity index is 1.47. The van der Waals surface area contributed by atoms with Crippen LogP contribution in [0.25, 0.3) is 11.0 Å².